The maximum atomic E-state index is 6.21. The summed E-state index contributed by atoms with van der Waals surface area (Å²) in [5, 5.41) is 0. The lowest BCUT2D eigenvalue weighted by Gasteiger charge is -2.45. The summed E-state index contributed by atoms with van der Waals surface area (Å²) in [6.45, 7) is 3.69. The number of fused-ring (bicyclic) bond motifs is 3. The molecule has 7 heteroatoms. The third-order valence-corrected chi connectivity index (χ3v) is 6.90. The van der Waals surface area contributed by atoms with Gasteiger partial charge in [-0.3, -0.25) is 0 Å². The molecule has 1 aromatic carbocycles. The summed E-state index contributed by atoms with van der Waals surface area (Å²) in [7, 11) is 0. The number of nitrogens with two attached hydrogens (primary N) is 1. The first-order valence-electron chi connectivity index (χ1n) is 11.9. The average Bonchev–Trinajstić information content (AvgIpc) is 3.72. The number of morpholine rings is 1. The van der Waals surface area contributed by atoms with Gasteiger partial charge < -0.3 is 20.1 Å². The van der Waals surface area contributed by atoms with Crippen LogP contribution in [0.2, 0.25) is 0 Å². The van der Waals surface area contributed by atoms with Crippen LogP contribution in [0.25, 0.3) is 11.3 Å². The highest BCUT2D eigenvalue weighted by Gasteiger charge is 2.36. The molecule has 33 heavy (non-hydrogen) atoms. The van der Waals surface area contributed by atoms with Crippen molar-refractivity contribution in [1.82, 2.24) is 15.0 Å². The van der Waals surface area contributed by atoms with Gasteiger partial charge in [0, 0.05) is 30.3 Å². The Bertz CT molecular complexity index is 1140. The molecule has 170 valence electrons. The molecule has 3 atom stereocenters. The van der Waals surface area contributed by atoms with Gasteiger partial charge in [-0.25, -0.2) is 15.0 Å². The van der Waals surface area contributed by atoms with E-state index in [9.17, 15) is 0 Å². The topological polar surface area (TPSA) is 86.4 Å². The third-order valence-electron chi connectivity index (χ3n) is 6.90. The van der Waals surface area contributed by atoms with E-state index in [-0.39, 0.29) is 6.10 Å². The molecule has 2 aromatic heterocycles. The van der Waals surface area contributed by atoms with Crippen LogP contribution in [0.3, 0.4) is 0 Å². The number of benzene rings is 1. The van der Waals surface area contributed by atoms with Crippen molar-refractivity contribution in [1.29, 1.82) is 0 Å². The Kier molecular flexibility index (Phi) is 5.14. The molecule has 0 amide bonds. The molecule has 7 rings (SSSR count). The number of ether oxygens (including phenoxy) is 2. The fraction of sp³-hybridized carbons (Fsp3) is 0.423. The van der Waals surface area contributed by atoms with E-state index in [1.807, 2.05) is 43.3 Å². The lowest BCUT2D eigenvalue weighted by atomic mass is 9.97. The van der Waals surface area contributed by atoms with Crippen LogP contribution in [0.15, 0.2) is 48.7 Å². The van der Waals surface area contributed by atoms with Crippen LogP contribution in [0.4, 0.5) is 11.6 Å². The Morgan fingerprint density at radius 2 is 1.94 bits per heavy atom. The number of hydrogen-bond acceptors (Lipinski definition) is 7. The number of rotatable bonds is 6. The van der Waals surface area contributed by atoms with Gasteiger partial charge in [-0.2, -0.15) is 0 Å². The van der Waals surface area contributed by atoms with Crippen molar-refractivity contribution >= 4 is 11.6 Å². The molecular weight excluding hydrogens is 414 g/mol. The molecule has 2 N–H and O–H groups in total. The minimum absolute atomic E-state index is 0.141. The van der Waals surface area contributed by atoms with Crippen molar-refractivity contribution in [3.8, 4) is 17.0 Å². The number of piperidine rings is 1. The molecule has 0 radical (unpaired) electrons. The molecule has 5 heterocycles. The van der Waals surface area contributed by atoms with E-state index in [0.717, 1.165) is 67.3 Å². The second kappa shape index (κ2) is 8.30. The van der Waals surface area contributed by atoms with Gasteiger partial charge in [0.15, 0.2) is 11.6 Å². The Balaban J connectivity index is 1.33. The smallest absolute Gasteiger partial charge is 0.166 e. The quantitative estimate of drug-likeness (QED) is 0.600. The van der Waals surface area contributed by atoms with E-state index in [1.165, 1.54) is 0 Å². The lowest BCUT2D eigenvalue weighted by Crippen LogP contribution is -2.54. The molecule has 4 fully saturated rings. The Morgan fingerprint density at radius 1 is 1.09 bits per heavy atom. The average molecular weight is 444 g/mol. The van der Waals surface area contributed by atoms with Gasteiger partial charge in [-0.05, 0) is 44.2 Å². The first-order chi connectivity index (χ1) is 16.1. The summed E-state index contributed by atoms with van der Waals surface area (Å²) in [5.74, 6) is 3.34. The van der Waals surface area contributed by atoms with Crippen molar-refractivity contribution in [2.45, 2.75) is 56.8 Å². The Morgan fingerprint density at radius 3 is 2.64 bits per heavy atom. The molecule has 2 bridgehead atoms. The van der Waals surface area contributed by atoms with E-state index in [0.29, 0.717) is 29.6 Å². The maximum Gasteiger partial charge on any atom is 0.166 e. The summed E-state index contributed by atoms with van der Waals surface area (Å²) in [6, 6.07) is 14.5. The Hall–Kier alpha value is -3.19. The molecule has 3 aliphatic heterocycles. The van der Waals surface area contributed by atoms with Gasteiger partial charge in [0.1, 0.15) is 17.7 Å². The number of aromatic nitrogens is 3. The van der Waals surface area contributed by atoms with Crippen LogP contribution >= 0.6 is 0 Å². The minimum Gasteiger partial charge on any atom is -0.482 e. The van der Waals surface area contributed by atoms with E-state index >= 15 is 0 Å². The summed E-state index contributed by atoms with van der Waals surface area (Å²) >= 11 is 0. The number of hydrogen-bond donors (Lipinski definition) is 1. The van der Waals surface area contributed by atoms with Crippen LogP contribution in [0, 0.1) is 0 Å². The Labute approximate surface area is 194 Å². The highest BCUT2D eigenvalue weighted by Crippen LogP contribution is 2.41. The molecule has 1 aliphatic carbocycles. The van der Waals surface area contributed by atoms with Crippen LogP contribution < -0.4 is 15.4 Å². The lowest BCUT2D eigenvalue weighted by molar-refractivity contribution is -0.0228. The number of nitrogens with zero attached hydrogens (tertiary/aromatic N) is 4. The van der Waals surface area contributed by atoms with E-state index in [4.69, 9.17) is 25.2 Å². The molecule has 3 saturated heterocycles. The fourth-order valence-electron chi connectivity index (χ4n) is 4.77. The number of nitrogen functional groups attached to an aromatic ring is 1. The minimum atomic E-state index is -0.141. The second-order valence-electron chi connectivity index (χ2n) is 9.36. The molecule has 0 spiro atoms. The van der Waals surface area contributed by atoms with Gasteiger partial charge in [0.05, 0.1) is 24.4 Å². The van der Waals surface area contributed by atoms with Crippen LogP contribution in [-0.2, 0) is 4.74 Å². The zero-order chi connectivity index (χ0) is 22.4. The zero-order valence-electron chi connectivity index (χ0n) is 18.9. The zero-order valence-corrected chi connectivity index (χ0v) is 18.9. The predicted octanol–water partition coefficient (Wildman–Crippen LogP) is 4.51. The standard InChI is InChI=1S/C26H29N5O2/c1-16(17-5-3-2-4-6-17)33-23-11-19(13-28-25(23)27)22-12-24(30-26(29-22)18-7-8-18)31-14-21-10-9-20(31)15-32-21/h2-6,11-13,16,18,20-21H,7-10,14-15H2,1H3,(H2,27,28)/t16?,20-,21-/m0/s1. The molecule has 4 aliphatic rings. The summed E-state index contributed by atoms with van der Waals surface area (Å²) in [5.41, 5.74) is 9.03. The van der Waals surface area contributed by atoms with Crippen molar-refractivity contribution in [3.63, 3.8) is 0 Å². The van der Waals surface area contributed by atoms with Crippen molar-refractivity contribution in [2.75, 3.05) is 23.8 Å². The number of pyridine rings is 1. The van der Waals surface area contributed by atoms with Crippen molar-refractivity contribution in [2.24, 2.45) is 0 Å². The fourth-order valence-corrected chi connectivity index (χ4v) is 4.77. The monoisotopic (exact) mass is 443 g/mol. The summed E-state index contributed by atoms with van der Waals surface area (Å²) in [4.78, 5) is 16.7. The van der Waals surface area contributed by atoms with Gasteiger partial charge in [-0.1, -0.05) is 30.3 Å². The highest BCUT2D eigenvalue weighted by molar-refractivity contribution is 5.67. The maximum absolute atomic E-state index is 6.21. The molecule has 1 saturated carbocycles. The van der Waals surface area contributed by atoms with Crippen molar-refractivity contribution < 1.29 is 9.47 Å². The van der Waals surface area contributed by atoms with E-state index < -0.39 is 0 Å². The first kappa shape index (κ1) is 20.4. The SMILES string of the molecule is CC(Oc1cc(-c2cc(N3C[C@@H]4CC[C@H]3CO4)nc(C3CC3)n2)cnc1N)c1ccccc1. The largest absolute Gasteiger partial charge is 0.482 e. The predicted molar refractivity (Wildman–Crippen MR) is 127 cm³/mol. The first-order valence-corrected chi connectivity index (χ1v) is 11.9. The van der Waals surface area contributed by atoms with E-state index in [1.54, 1.807) is 6.20 Å². The van der Waals surface area contributed by atoms with E-state index in [2.05, 4.69) is 16.0 Å². The van der Waals surface area contributed by atoms with Gasteiger partial charge in [0.2, 0.25) is 0 Å². The highest BCUT2D eigenvalue weighted by atomic mass is 16.5. The molecular formula is C26H29N5O2. The molecule has 1 unspecified atom stereocenters. The third kappa shape index (κ3) is 4.13. The summed E-state index contributed by atoms with van der Waals surface area (Å²) < 4.78 is 12.1. The van der Waals surface area contributed by atoms with Crippen molar-refractivity contribution in [3.05, 3.63) is 60.0 Å². The van der Waals surface area contributed by atoms with Gasteiger partial charge in [0.25, 0.3) is 0 Å². The van der Waals surface area contributed by atoms with Crippen LogP contribution in [0.1, 0.15) is 56.0 Å². The normalized spacial score (nSPS) is 22.9. The number of anilines is 2. The second-order valence-corrected chi connectivity index (χ2v) is 9.36. The van der Waals surface area contributed by atoms with Crippen LogP contribution in [-0.4, -0.2) is 40.2 Å². The van der Waals surface area contributed by atoms with Gasteiger partial charge >= 0.3 is 0 Å². The molecule has 3 aromatic rings. The van der Waals surface area contributed by atoms with Gasteiger partial charge in [-0.15, -0.1) is 0 Å². The van der Waals surface area contributed by atoms with Crippen LogP contribution in [0.5, 0.6) is 5.75 Å². The summed E-state index contributed by atoms with van der Waals surface area (Å²) in [6.07, 6.45) is 6.54. The molecule has 7 nitrogen and oxygen atoms in total.